The molecule has 0 saturated heterocycles. The molecule has 45 heavy (non-hydrogen) atoms. The Morgan fingerprint density at radius 1 is 0.600 bits per heavy atom. The van der Waals surface area contributed by atoms with Crippen LogP contribution in [0.25, 0.3) is 35.5 Å². The molecule has 1 aliphatic carbocycles. The third-order valence-corrected chi connectivity index (χ3v) is 9.20. The van der Waals surface area contributed by atoms with Crippen LogP contribution in [0.4, 0.5) is 37.7 Å². The van der Waals surface area contributed by atoms with Gasteiger partial charge in [-0.1, -0.05) is 12.2 Å². The molecule has 0 amide bonds. The van der Waals surface area contributed by atoms with Crippen LogP contribution in [-0.2, 0) is 0 Å². The Hall–Kier alpha value is -4.56. The molecule has 2 aromatic heterocycles. The van der Waals surface area contributed by atoms with E-state index in [2.05, 4.69) is 0 Å². The molecule has 2 aromatic carbocycles. The summed E-state index contributed by atoms with van der Waals surface area (Å²) in [7, 11) is 0. The lowest BCUT2D eigenvalue weighted by Crippen LogP contribution is -2.48. The third-order valence-electron chi connectivity index (χ3n) is 7.17. The first-order valence-electron chi connectivity index (χ1n) is 13.0. The predicted octanol–water partition coefficient (Wildman–Crippen LogP) is 10.4. The van der Waals surface area contributed by atoms with Crippen LogP contribution in [0.15, 0.2) is 60.7 Å². The average Bonchev–Trinajstić information content (AvgIpc) is 3.56. The molecule has 0 fully saturated rings. The fourth-order valence-corrected chi connectivity index (χ4v) is 6.75. The van der Waals surface area contributed by atoms with Gasteiger partial charge >= 0.3 is 17.8 Å². The molecule has 0 unspecified atom stereocenters. The fourth-order valence-electron chi connectivity index (χ4n) is 4.87. The number of hydrogen-bond donors (Lipinski definition) is 0. The summed E-state index contributed by atoms with van der Waals surface area (Å²) in [4.78, 5) is 21.5. The van der Waals surface area contributed by atoms with Crippen LogP contribution < -0.4 is 0 Å². The average molecular weight is 663 g/mol. The topological polar surface area (TPSA) is 86.3 Å². The summed E-state index contributed by atoms with van der Waals surface area (Å²) in [5, 5.41) is 21.7. The summed E-state index contributed by atoms with van der Waals surface area (Å²) in [6.45, 7) is 2.74. The zero-order valence-electron chi connectivity index (χ0n) is 23.2. The van der Waals surface area contributed by atoms with Crippen molar-refractivity contribution in [1.29, 1.82) is 0 Å². The summed E-state index contributed by atoms with van der Waals surface area (Å²) in [6, 6.07) is 13.2. The maximum Gasteiger partial charge on any atom is 0.380 e. The lowest BCUT2D eigenvalue weighted by Gasteiger charge is -2.25. The largest absolute Gasteiger partial charge is 0.380 e. The number of non-ortho nitro benzene ring substituents is 2. The van der Waals surface area contributed by atoms with Crippen molar-refractivity contribution in [2.45, 2.75) is 31.6 Å². The van der Waals surface area contributed by atoms with Crippen LogP contribution in [0.3, 0.4) is 0 Å². The first kappa shape index (κ1) is 31.9. The monoisotopic (exact) mass is 662 g/mol. The molecular formula is C31H20F6N2O4S2. The number of hydrogen-bond acceptors (Lipinski definition) is 6. The molecule has 0 saturated carbocycles. The standard InChI is InChI=1S/C31H20F6N2O4S2/c1-17-25(15-23(44-17)13-7-19-3-9-21(10-4-19)38(40)41)27-28(30(34,35)31(36,37)29(27,32)33)26-16-24(45-18(26)2)14-8-20-5-11-22(12-6-20)39(42)43/h3-16H,1-2H3/b13-7+,14-8+. The molecule has 0 atom stereocenters. The van der Waals surface area contributed by atoms with Gasteiger partial charge in [-0.25, -0.2) is 0 Å². The number of benzene rings is 2. The number of thiophene rings is 2. The number of nitro groups is 2. The van der Waals surface area contributed by atoms with Crippen LogP contribution in [0.2, 0.25) is 0 Å². The van der Waals surface area contributed by atoms with Gasteiger partial charge in [-0.2, -0.15) is 26.3 Å². The highest BCUT2D eigenvalue weighted by atomic mass is 32.1. The second-order valence-electron chi connectivity index (χ2n) is 10.1. The van der Waals surface area contributed by atoms with Gasteiger partial charge in [0.2, 0.25) is 0 Å². The van der Waals surface area contributed by atoms with Crippen molar-refractivity contribution in [2.24, 2.45) is 0 Å². The Labute approximate surface area is 259 Å². The van der Waals surface area contributed by atoms with E-state index in [0.717, 1.165) is 34.8 Å². The summed E-state index contributed by atoms with van der Waals surface area (Å²) in [6.07, 6.45) is 6.00. The molecule has 14 heteroatoms. The van der Waals surface area contributed by atoms with E-state index in [-0.39, 0.29) is 21.1 Å². The zero-order chi connectivity index (χ0) is 32.9. The third kappa shape index (κ3) is 5.59. The molecule has 0 aliphatic heterocycles. The number of halogens is 6. The van der Waals surface area contributed by atoms with E-state index in [9.17, 15) is 29.0 Å². The molecule has 0 radical (unpaired) electrons. The predicted molar refractivity (Wildman–Crippen MR) is 164 cm³/mol. The van der Waals surface area contributed by atoms with Crippen LogP contribution in [0, 0.1) is 34.1 Å². The van der Waals surface area contributed by atoms with Crippen molar-refractivity contribution >= 4 is 69.5 Å². The van der Waals surface area contributed by atoms with Gasteiger partial charge < -0.3 is 0 Å². The number of nitro benzene ring substituents is 2. The van der Waals surface area contributed by atoms with Crippen LogP contribution in [0.1, 0.15) is 41.8 Å². The molecule has 0 bridgehead atoms. The van der Waals surface area contributed by atoms with Gasteiger partial charge in [0.25, 0.3) is 11.4 Å². The van der Waals surface area contributed by atoms with E-state index in [1.54, 1.807) is 0 Å². The van der Waals surface area contributed by atoms with Gasteiger partial charge in [-0.05, 0) is 84.7 Å². The Morgan fingerprint density at radius 2 is 0.933 bits per heavy atom. The van der Waals surface area contributed by atoms with Gasteiger partial charge in [0, 0.05) is 54.9 Å². The smallest absolute Gasteiger partial charge is 0.258 e. The maximum absolute atomic E-state index is 15.4. The van der Waals surface area contributed by atoms with Crippen molar-refractivity contribution in [1.82, 2.24) is 0 Å². The van der Waals surface area contributed by atoms with E-state index >= 15 is 17.6 Å². The lowest BCUT2D eigenvalue weighted by atomic mass is 9.95. The second kappa shape index (κ2) is 11.4. The number of aryl methyl sites for hydroxylation is 2. The SMILES string of the molecule is Cc1sc(/C=C/c2ccc([N+](=O)[O-])cc2)cc1C1=C(c2cc(/C=C/c3ccc([N+](=O)[O-])cc3)sc2C)C(F)(F)C(F)(F)C1(F)F. The second-order valence-corrected chi connectivity index (χ2v) is 12.7. The molecule has 232 valence electrons. The van der Waals surface area contributed by atoms with Crippen molar-refractivity contribution in [2.75, 3.05) is 0 Å². The Balaban J connectivity index is 1.57. The highest BCUT2D eigenvalue weighted by molar-refractivity contribution is 7.13. The van der Waals surface area contributed by atoms with Crippen LogP contribution >= 0.6 is 22.7 Å². The lowest BCUT2D eigenvalue weighted by molar-refractivity contribution is -0.385. The molecule has 2 heterocycles. The van der Waals surface area contributed by atoms with Gasteiger partial charge in [0.05, 0.1) is 9.85 Å². The molecule has 0 spiro atoms. The number of allylic oxidation sites excluding steroid dienone is 2. The van der Waals surface area contributed by atoms with Crippen LogP contribution in [-0.4, -0.2) is 27.6 Å². The minimum Gasteiger partial charge on any atom is -0.258 e. The van der Waals surface area contributed by atoms with Crippen LogP contribution in [0.5, 0.6) is 0 Å². The number of rotatable bonds is 8. The Morgan fingerprint density at radius 3 is 1.24 bits per heavy atom. The fraction of sp³-hybridized carbons (Fsp3) is 0.161. The minimum absolute atomic E-state index is 0.116. The zero-order valence-corrected chi connectivity index (χ0v) is 24.8. The van der Waals surface area contributed by atoms with E-state index in [1.165, 1.54) is 86.7 Å². The Kier molecular flexibility index (Phi) is 8.08. The number of alkyl halides is 6. The summed E-state index contributed by atoms with van der Waals surface area (Å²) in [5.41, 5.74) is -3.00. The normalized spacial score (nSPS) is 17.1. The van der Waals surface area contributed by atoms with E-state index < -0.39 is 49.9 Å². The molecule has 6 nitrogen and oxygen atoms in total. The quantitative estimate of drug-likeness (QED) is 0.107. The van der Waals surface area contributed by atoms with Gasteiger partial charge in [0.15, 0.2) is 0 Å². The van der Waals surface area contributed by atoms with Gasteiger partial charge in [-0.15, -0.1) is 22.7 Å². The van der Waals surface area contributed by atoms with Crippen molar-refractivity contribution < 1.29 is 36.2 Å². The minimum atomic E-state index is -5.71. The highest BCUT2D eigenvalue weighted by Gasteiger charge is 2.80. The van der Waals surface area contributed by atoms with Crippen molar-refractivity contribution in [3.63, 3.8) is 0 Å². The molecule has 0 N–H and O–H groups in total. The Bertz CT molecular complexity index is 1770. The summed E-state index contributed by atoms with van der Waals surface area (Å²) in [5.74, 6) is -16.1. The summed E-state index contributed by atoms with van der Waals surface area (Å²) < 4.78 is 91.5. The van der Waals surface area contributed by atoms with Crippen molar-refractivity contribution in [3.05, 3.63) is 123 Å². The highest BCUT2D eigenvalue weighted by Crippen LogP contribution is 2.65. The first-order valence-corrected chi connectivity index (χ1v) is 14.6. The van der Waals surface area contributed by atoms with E-state index in [4.69, 9.17) is 0 Å². The van der Waals surface area contributed by atoms with E-state index in [1.807, 2.05) is 0 Å². The van der Waals surface area contributed by atoms with Crippen molar-refractivity contribution in [3.8, 4) is 0 Å². The maximum atomic E-state index is 15.4. The molecule has 1 aliphatic rings. The van der Waals surface area contributed by atoms with E-state index in [0.29, 0.717) is 20.9 Å². The molecule has 4 aromatic rings. The first-order chi connectivity index (χ1) is 21.0. The van der Waals surface area contributed by atoms with Gasteiger partial charge in [-0.3, -0.25) is 20.2 Å². The molecular weight excluding hydrogens is 642 g/mol. The summed E-state index contributed by atoms with van der Waals surface area (Å²) >= 11 is 1.88. The van der Waals surface area contributed by atoms with Gasteiger partial charge in [0.1, 0.15) is 0 Å². The number of nitrogens with zero attached hydrogens (tertiary/aromatic N) is 2. The molecule has 5 rings (SSSR count).